The van der Waals surface area contributed by atoms with Crippen molar-refractivity contribution in [1.82, 2.24) is 4.31 Å². The summed E-state index contributed by atoms with van der Waals surface area (Å²) in [5.74, 6) is 0.633. The molecule has 0 aromatic heterocycles. The number of ether oxygens (including phenoxy) is 1. The molecule has 0 saturated carbocycles. The second kappa shape index (κ2) is 6.33. The van der Waals surface area contributed by atoms with E-state index >= 15 is 0 Å². The number of alkyl halides is 1. The van der Waals surface area contributed by atoms with E-state index in [9.17, 15) is 8.42 Å². The minimum Gasteiger partial charge on any atom is -0.385 e. The molecule has 1 saturated heterocycles. The SMILES string of the molecule is COCCCS(=O)(=O)N1CCC(C)C1CBr. The summed E-state index contributed by atoms with van der Waals surface area (Å²) >= 11 is 3.40. The van der Waals surface area contributed by atoms with Crippen molar-refractivity contribution in [2.75, 3.05) is 31.3 Å². The van der Waals surface area contributed by atoms with Gasteiger partial charge in [-0.25, -0.2) is 8.42 Å². The predicted molar refractivity (Wildman–Crippen MR) is 68.3 cm³/mol. The number of rotatable bonds is 6. The zero-order valence-electron chi connectivity index (χ0n) is 9.86. The summed E-state index contributed by atoms with van der Waals surface area (Å²) in [5.41, 5.74) is 0. The number of nitrogens with zero attached hydrogens (tertiary/aromatic N) is 1. The molecule has 2 atom stereocenters. The van der Waals surface area contributed by atoms with Crippen molar-refractivity contribution in [2.45, 2.75) is 25.8 Å². The Morgan fingerprint density at radius 3 is 2.75 bits per heavy atom. The average Bonchev–Trinajstić information content (AvgIpc) is 2.60. The highest BCUT2D eigenvalue weighted by atomic mass is 79.9. The van der Waals surface area contributed by atoms with Gasteiger partial charge in [-0.05, 0) is 18.8 Å². The molecule has 16 heavy (non-hydrogen) atoms. The molecule has 1 aliphatic heterocycles. The Balaban J connectivity index is 2.61. The van der Waals surface area contributed by atoms with Gasteiger partial charge >= 0.3 is 0 Å². The summed E-state index contributed by atoms with van der Waals surface area (Å²) in [6, 6.07) is 0.118. The molecular weight excluding hydrogens is 294 g/mol. The van der Waals surface area contributed by atoms with E-state index in [2.05, 4.69) is 22.9 Å². The molecule has 0 N–H and O–H groups in total. The molecule has 0 spiro atoms. The second-order valence-electron chi connectivity index (χ2n) is 4.26. The molecule has 4 nitrogen and oxygen atoms in total. The lowest BCUT2D eigenvalue weighted by Gasteiger charge is -2.24. The summed E-state index contributed by atoms with van der Waals surface area (Å²) in [5, 5.41) is 0.720. The molecule has 1 fully saturated rings. The number of hydrogen-bond acceptors (Lipinski definition) is 3. The van der Waals surface area contributed by atoms with Crippen LogP contribution in [0.2, 0.25) is 0 Å². The minimum atomic E-state index is -3.10. The summed E-state index contributed by atoms with van der Waals surface area (Å²) in [7, 11) is -1.51. The van der Waals surface area contributed by atoms with Crippen molar-refractivity contribution in [3.05, 3.63) is 0 Å². The highest BCUT2D eigenvalue weighted by Crippen LogP contribution is 2.28. The van der Waals surface area contributed by atoms with Gasteiger partial charge < -0.3 is 4.74 Å². The fourth-order valence-corrected chi connectivity index (χ4v) is 5.03. The van der Waals surface area contributed by atoms with Crippen LogP contribution in [0.1, 0.15) is 19.8 Å². The molecular formula is C10H20BrNO3S. The van der Waals surface area contributed by atoms with Crippen molar-refractivity contribution >= 4 is 26.0 Å². The van der Waals surface area contributed by atoms with Gasteiger partial charge in [-0.1, -0.05) is 22.9 Å². The van der Waals surface area contributed by atoms with Crippen LogP contribution in [0.5, 0.6) is 0 Å². The number of hydrogen-bond donors (Lipinski definition) is 0. The molecule has 6 heteroatoms. The van der Waals surface area contributed by atoms with E-state index in [0.29, 0.717) is 25.5 Å². The van der Waals surface area contributed by atoms with E-state index in [-0.39, 0.29) is 11.8 Å². The van der Waals surface area contributed by atoms with Gasteiger partial charge in [-0.15, -0.1) is 0 Å². The standard InChI is InChI=1S/C10H20BrNO3S/c1-9-4-5-12(10(9)8-11)16(13,14)7-3-6-15-2/h9-10H,3-8H2,1-2H3. The molecule has 1 aliphatic rings. The lowest BCUT2D eigenvalue weighted by Crippen LogP contribution is -2.40. The van der Waals surface area contributed by atoms with E-state index in [1.54, 1.807) is 11.4 Å². The van der Waals surface area contributed by atoms with Gasteiger partial charge in [-0.2, -0.15) is 4.31 Å². The molecule has 2 unspecified atom stereocenters. The Bertz CT molecular complexity index is 307. The maximum atomic E-state index is 12.1. The molecule has 0 aromatic rings. The third-order valence-electron chi connectivity index (χ3n) is 3.10. The van der Waals surface area contributed by atoms with Gasteiger partial charge in [0, 0.05) is 31.6 Å². The molecule has 1 heterocycles. The fraction of sp³-hybridized carbons (Fsp3) is 1.00. The van der Waals surface area contributed by atoms with Gasteiger partial charge in [-0.3, -0.25) is 0 Å². The summed E-state index contributed by atoms with van der Waals surface area (Å²) < 4.78 is 30.7. The molecule has 0 aliphatic carbocycles. The highest BCUT2D eigenvalue weighted by Gasteiger charge is 2.37. The van der Waals surface area contributed by atoms with E-state index < -0.39 is 10.0 Å². The quantitative estimate of drug-likeness (QED) is 0.551. The van der Waals surface area contributed by atoms with Gasteiger partial charge in [0.15, 0.2) is 0 Å². The molecule has 0 radical (unpaired) electrons. The van der Waals surface area contributed by atoms with Gasteiger partial charge in [0.05, 0.1) is 5.75 Å². The third-order valence-corrected chi connectivity index (χ3v) is 5.73. The average molecular weight is 314 g/mol. The van der Waals surface area contributed by atoms with Crippen molar-refractivity contribution in [1.29, 1.82) is 0 Å². The fourth-order valence-electron chi connectivity index (χ4n) is 2.05. The van der Waals surface area contributed by atoms with Crippen molar-refractivity contribution in [2.24, 2.45) is 5.92 Å². The van der Waals surface area contributed by atoms with Crippen LogP contribution in [-0.4, -0.2) is 50.1 Å². The zero-order chi connectivity index (χ0) is 12.2. The Hall–Kier alpha value is 0.350. The van der Waals surface area contributed by atoms with Crippen LogP contribution in [0.3, 0.4) is 0 Å². The van der Waals surface area contributed by atoms with Crippen molar-refractivity contribution < 1.29 is 13.2 Å². The highest BCUT2D eigenvalue weighted by molar-refractivity contribution is 9.09. The van der Waals surface area contributed by atoms with Crippen LogP contribution in [0, 0.1) is 5.92 Å². The van der Waals surface area contributed by atoms with Crippen LogP contribution >= 0.6 is 15.9 Å². The second-order valence-corrected chi connectivity index (χ2v) is 6.95. The smallest absolute Gasteiger partial charge is 0.214 e. The molecule has 0 aromatic carbocycles. The lowest BCUT2D eigenvalue weighted by atomic mass is 10.1. The van der Waals surface area contributed by atoms with E-state index in [1.807, 2.05) is 0 Å². The van der Waals surface area contributed by atoms with Gasteiger partial charge in [0.1, 0.15) is 0 Å². The van der Waals surface area contributed by atoms with E-state index in [4.69, 9.17) is 4.74 Å². The summed E-state index contributed by atoms with van der Waals surface area (Å²) in [6.45, 7) is 3.27. The van der Waals surface area contributed by atoms with Crippen LogP contribution in [0.25, 0.3) is 0 Å². The van der Waals surface area contributed by atoms with Gasteiger partial charge in [0.2, 0.25) is 10.0 Å². The molecule has 96 valence electrons. The first-order valence-corrected chi connectivity index (χ1v) is 8.30. The molecule has 0 bridgehead atoms. The van der Waals surface area contributed by atoms with Crippen LogP contribution in [0.15, 0.2) is 0 Å². The Morgan fingerprint density at radius 2 is 2.19 bits per heavy atom. The molecule has 1 rings (SSSR count). The molecule has 0 amide bonds. The predicted octanol–water partition coefficient (Wildman–Crippen LogP) is 1.46. The van der Waals surface area contributed by atoms with Crippen molar-refractivity contribution in [3.63, 3.8) is 0 Å². The van der Waals surface area contributed by atoms with Crippen molar-refractivity contribution in [3.8, 4) is 0 Å². The van der Waals surface area contributed by atoms with E-state index in [1.165, 1.54) is 0 Å². The first-order valence-electron chi connectivity index (χ1n) is 5.57. The topological polar surface area (TPSA) is 46.6 Å². The first kappa shape index (κ1) is 14.4. The van der Waals surface area contributed by atoms with Crippen LogP contribution in [-0.2, 0) is 14.8 Å². The minimum absolute atomic E-state index is 0.118. The number of methoxy groups -OCH3 is 1. The first-order chi connectivity index (χ1) is 7.53. The van der Waals surface area contributed by atoms with Crippen LogP contribution in [0.4, 0.5) is 0 Å². The van der Waals surface area contributed by atoms with Crippen LogP contribution < -0.4 is 0 Å². The maximum absolute atomic E-state index is 12.1. The normalized spacial score (nSPS) is 27.4. The zero-order valence-corrected chi connectivity index (χ0v) is 12.3. The maximum Gasteiger partial charge on any atom is 0.214 e. The number of sulfonamides is 1. The van der Waals surface area contributed by atoms with E-state index in [0.717, 1.165) is 11.8 Å². The largest absolute Gasteiger partial charge is 0.385 e. The monoisotopic (exact) mass is 313 g/mol. The Kier molecular flexibility index (Phi) is 5.70. The van der Waals surface area contributed by atoms with Gasteiger partial charge in [0.25, 0.3) is 0 Å². The third kappa shape index (κ3) is 3.42. The summed E-state index contributed by atoms with van der Waals surface area (Å²) in [6.07, 6.45) is 1.53. The Morgan fingerprint density at radius 1 is 1.50 bits per heavy atom. The summed E-state index contributed by atoms with van der Waals surface area (Å²) in [4.78, 5) is 0. The number of halogens is 1. The Labute approximate surface area is 107 Å². The lowest BCUT2D eigenvalue weighted by molar-refractivity contribution is 0.199.